The lowest BCUT2D eigenvalue weighted by Crippen LogP contribution is -2.07. The van der Waals surface area contributed by atoms with Gasteiger partial charge in [0, 0.05) is 13.1 Å². The zero-order chi connectivity index (χ0) is 9.97. The molecule has 1 fully saturated rings. The molecule has 0 aliphatic heterocycles. The van der Waals surface area contributed by atoms with Crippen LogP contribution in [-0.2, 0) is 13.1 Å². The summed E-state index contributed by atoms with van der Waals surface area (Å²) in [5.41, 5.74) is 13.4. The Morgan fingerprint density at radius 3 is 2.43 bits per heavy atom. The Balaban J connectivity index is 2.16. The molecule has 1 aliphatic carbocycles. The molecule has 3 heteroatoms. The summed E-state index contributed by atoms with van der Waals surface area (Å²) in [7, 11) is 0. The minimum atomic E-state index is 0.435. The molecule has 0 heterocycles. The highest BCUT2D eigenvalue weighted by Gasteiger charge is 2.23. The van der Waals surface area contributed by atoms with E-state index >= 15 is 0 Å². The summed E-state index contributed by atoms with van der Waals surface area (Å²) in [5, 5.41) is 0. The number of nitrogens with two attached hydrogens (primary N) is 2. The molecule has 0 spiro atoms. The Bertz CT molecular complexity index is 321. The van der Waals surface area contributed by atoms with Gasteiger partial charge in [0.25, 0.3) is 0 Å². The smallest absolute Gasteiger partial charge is 0.120 e. The van der Waals surface area contributed by atoms with Crippen molar-refractivity contribution in [3.63, 3.8) is 0 Å². The van der Waals surface area contributed by atoms with Crippen LogP contribution < -0.4 is 16.2 Å². The summed E-state index contributed by atoms with van der Waals surface area (Å²) in [4.78, 5) is 0. The summed E-state index contributed by atoms with van der Waals surface area (Å²) in [6, 6.07) is 5.97. The van der Waals surface area contributed by atoms with Gasteiger partial charge in [0.1, 0.15) is 5.75 Å². The van der Waals surface area contributed by atoms with E-state index in [2.05, 4.69) is 0 Å². The third kappa shape index (κ3) is 2.05. The van der Waals surface area contributed by atoms with E-state index in [1.54, 1.807) is 0 Å². The van der Waals surface area contributed by atoms with E-state index in [9.17, 15) is 0 Å². The number of ether oxygens (including phenoxy) is 1. The van der Waals surface area contributed by atoms with Crippen LogP contribution in [0.15, 0.2) is 18.2 Å². The van der Waals surface area contributed by atoms with Gasteiger partial charge in [-0.25, -0.2) is 0 Å². The van der Waals surface area contributed by atoms with Gasteiger partial charge in [-0.1, -0.05) is 6.07 Å². The number of hydrogen-bond donors (Lipinski definition) is 2. The normalized spacial score (nSPS) is 15.6. The van der Waals surface area contributed by atoms with Crippen LogP contribution in [0.3, 0.4) is 0 Å². The van der Waals surface area contributed by atoms with Gasteiger partial charge >= 0.3 is 0 Å². The molecular weight excluding hydrogens is 176 g/mol. The van der Waals surface area contributed by atoms with E-state index < -0.39 is 0 Å². The zero-order valence-electron chi connectivity index (χ0n) is 8.20. The first-order valence-corrected chi connectivity index (χ1v) is 5.02. The van der Waals surface area contributed by atoms with Crippen LogP contribution in [0.2, 0.25) is 0 Å². The standard InChI is InChI=1S/C11H16N2O/c12-6-8-1-2-11(5-9(8)7-13)14-10-3-4-10/h1-2,5,10H,3-4,6-7,12-13H2. The molecule has 14 heavy (non-hydrogen) atoms. The van der Waals surface area contributed by atoms with Gasteiger partial charge in [0.2, 0.25) is 0 Å². The molecule has 0 atom stereocenters. The van der Waals surface area contributed by atoms with Crippen molar-refractivity contribution in [1.82, 2.24) is 0 Å². The number of benzene rings is 1. The highest BCUT2D eigenvalue weighted by Crippen LogP contribution is 2.27. The van der Waals surface area contributed by atoms with Crippen LogP contribution in [0, 0.1) is 0 Å². The summed E-state index contributed by atoms with van der Waals surface area (Å²) in [6.07, 6.45) is 2.79. The summed E-state index contributed by atoms with van der Waals surface area (Å²) in [5.74, 6) is 0.921. The van der Waals surface area contributed by atoms with Gasteiger partial charge in [0.15, 0.2) is 0 Å². The van der Waals surface area contributed by atoms with E-state index in [0.717, 1.165) is 16.9 Å². The molecule has 1 aromatic rings. The van der Waals surface area contributed by atoms with E-state index in [0.29, 0.717) is 19.2 Å². The van der Waals surface area contributed by atoms with Crippen molar-refractivity contribution in [2.24, 2.45) is 11.5 Å². The Morgan fingerprint density at radius 2 is 1.86 bits per heavy atom. The predicted molar refractivity (Wildman–Crippen MR) is 55.9 cm³/mol. The SMILES string of the molecule is NCc1ccc(OC2CC2)cc1CN. The van der Waals surface area contributed by atoms with Crippen molar-refractivity contribution in [2.75, 3.05) is 0 Å². The molecule has 0 unspecified atom stereocenters. The van der Waals surface area contributed by atoms with Crippen molar-refractivity contribution in [2.45, 2.75) is 32.0 Å². The van der Waals surface area contributed by atoms with Gasteiger partial charge in [-0.15, -0.1) is 0 Å². The third-order valence-electron chi connectivity index (χ3n) is 2.44. The second kappa shape index (κ2) is 3.98. The second-order valence-electron chi connectivity index (χ2n) is 3.66. The van der Waals surface area contributed by atoms with E-state index in [1.165, 1.54) is 12.8 Å². The van der Waals surface area contributed by atoms with Gasteiger partial charge in [-0.2, -0.15) is 0 Å². The molecule has 1 aromatic carbocycles. The van der Waals surface area contributed by atoms with Crippen molar-refractivity contribution in [1.29, 1.82) is 0 Å². The average molecular weight is 192 g/mol. The number of hydrogen-bond acceptors (Lipinski definition) is 3. The van der Waals surface area contributed by atoms with Crippen LogP contribution in [0.5, 0.6) is 5.75 Å². The van der Waals surface area contributed by atoms with Crippen molar-refractivity contribution >= 4 is 0 Å². The van der Waals surface area contributed by atoms with Crippen LogP contribution in [-0.4, -0.2) is 6.10 Å². The molecule has 3 nitrogen and oxygen atoms in total. The largest absolute Gasteiger partial charge is 0.490 e. The molecule has 0 amide bonds. The molecule has 0 aromatic heterocycles. The maximum atomic E-state index is 5.67. The van der Waals surface area contributed by atoms with E-state index in [1.807, 2.05) is 18.2 Å². The summed E-state index contributed by atoms with van der Waals surface area (Å²) in [6.45, 7) is 1.06. The van der Waals surface area contributed by atoms with Crippen molar-refractivity contribution in [3.05, 3.63) is 29.3 Å². The molecular formula is C11H16N2O. The fraction of sp³-hybridized carbons (Fsp3) is 0.455. The Labute approximate surface area is 84.0 Å². The third-order valence-corrected chi connectivity index (χ3v) is 2.44. The highest BCUT2D eigenvalue weighted by atomic mass is 16.5. The fourth-order valence-electron chi connectivity index (χ4n) is 1.44. The fourth-order valence-corrected chi connectivity index (χ4v) is 1.44. The van der Waals surface area contributed by atoms with Crippen molar-refractivity contribution < 1.29 is 4.74 Å². The summed E-state index contributed by atoms with van der Waals surface area (Å²) < 4.78 is 5.67. The topological polar surface area (TPSA) is 61.3 Å². The molecule has 1 aliphatic rings. The van der Waals surface area contributed by atoms with Gasteiger partial charge in [0.05, 0.1) is 6.10 Å². The Kier molecular flexibility index (Phi) is 2.70. The highest BCUT2D eigenvalue weighted by molar-refractivity contribution is 5.35. The van der Waals surface area contributed by atoms with Gasteiger partial charge in [-0.3, -0.25) is 0 Å². The lowest BCUT2D eigenvalue weighted by molar-refractivity contribution is 0.303. The first-order valence-electron chi connectivity index (χ1n) is 5.02. The maximum Gasteiger partial charge on any atom is 0.120 e. The molecule has 2 rings (SSSR count). The average Bonchev–Trinajstić information content (AvgIpc) is 3.01. The second-order valence-corrected chi connectivity index (χ2v) is 3.66. The van der Waals surface area contributed by atoms with Crippen LogP contribution in [0.25, 0.3) is 0 Å². The Morgan fingerprint density at radius 1 is 1.14 bits per heavy atom. The maximum absolute atomic E-state index is 5.67. The minimum absolute atomic E-state index is 0.435. The minimum Gasteiger partial charge on any atom is -0.490 e. The van der Waals surface area contributed by atoms with Crippen LogP contribution >= 0.6 is 0 Å². The van der Waals surface area contributed by atoms with Gasteiger partial charge in [-0.05, 0) is 36.1 Å². The predicted octanol–water partition coefficient (Wildman–Crippen LogP) is 1.15. The monoisotopic (exact) mass is 192 g/mol. The lowest BCUT2D eigenvalue weighted by atomic mass is 10.1. The quantitative estimate of drug-likeness (QED) is 0.752. The van der Waals surface area contributed by atoms with E-state index in [4.69, 9.17) is 16.2 Å². The van der Waals surface area contributed by atoms with Crippen LogP contribution in [0.4, 0.5) is 0 Å². The molecule has 1 saturated carbocycles. The Hall–Kier alpha value is -1.06. The molecule has 0 radical (unpaired) electrons. The van der Waals surface area contributed by atoms with Crippen LogP contribution in [0.1, 0.15) is 24.0 Å². The first-order chi connectivity index (χ1) is 6.83. The molecule has 4 N–H and O–H groups in total. The molecule has 0 bridgehead atoms. The van der Waals surface area contributed by atoms with E-state index in [-0.39, 0.29) is 0 Å². The first kappa shape index (κ1) is 9.49. The molecule has 76 valence electrons. The summed E-state index contributed by atoms with van der Waals surface area (Å²) >= 11 is 0. The van der Waals surface area contributed by atoms with Gasteiger partial charge < -0.3 is 16.2 Å². The van der Waals surface area contributed by atoms with Crippen molar-refractivity contribution in [3.8, 4) is 5.75 Å². The zero-order valence-corrected chi connectivity index (χ0v) is 8.20. The lowest BCUT2D eigenvalue weighted by Gasteiger charge is -2.09. The number of rotatable bonds is 4. The molecule has 0 saturated heterocycles.